The molecule has 1 N–H and O–H groups in total. The van der Waals surface area contributed by atoms with Crippen molar-refractivity contribution >= 4 is 11.8 Å². The summed E-state index contributed by atoms with van der Waals surface area (Å²) in [5, 5.41) is 2.75. The molecule has 3 heterocycles. The molecule has 1 fully saturated rings. The number of piperidine rings is 1. The molecule has 0 radical (unpaired) electrons. The van der Waals surface area contributed by atoms with Crippen molar-refractivity contribution in [3.63, 3.8) is 0 Å². The first kappa shape index (κ1) is 17.2. The fourth-order valence-corrected chi connectivity index (χ4v) is 3.19. The number of amides is 2. The molecule has 2 amide bonds. The summed E-state index contributed by atoms with van der Waals surface area (Å²) < 4.78 is 5.19. The third kappa shape index (κ3) is 4.07. The molecule has 0 spiro atoms. The molecule has 1 atom stereocenters. The molecule has 1 saturated heterocycles. The Balaban J connectivity index is 1.69. The second-order valence-electron chi connectivity index (χ2n) is 6.23. The third-order valence-electron chi connectivity index (χ3n) is 4.56. The highest BCUT2D eigenvalue weighted by molar-refractivity contribution is 5.96. The zero-order chi connectivity index (χ0) is 17.6. The van der Waals surface area contributed by atoms with Crippen LogP contribution in [0, 0.1) is 0 Å². The Morgan fingerprint density at radius 3 is 2.84 bits per heavy atom. The topological polar surface area (TPSA) is 75.4 Å². The van der Waals surface area contributed by atoms with Crippen LogP contribution in [0.2, 0.25) is 0 Å². The summed E-state index contributed by atoms with van der Waals surface area (Å²) in [5.74, 6) is 0.253. The van der Waals surface area contributed by atoms with Gasteiger partial charge in [-0.15, -0.1) is 0 Å². The van der Waals surface area contributed by atoms with E-state index in [-0.39, 0.29) is 30.1 Å². The van der Waals surface area contributed by atoms with Crippen LogP contribution in [0.15, 0.2) is 41.0 Å². The fourth-order valence-electron chi connectivity index (χ4n) is 3.19. The summed E-state index contributed by atoms with van der Waals surface area (Å²) in [4.78, 5) is 31.3. The van der Waals surface area contributed by atoms with Crippen molar-refractivity contribution in [2.24, 2.45) is 0 Å². The molecule has 0 aliphatic carbocycles. The van der Waals surface area contributed by atoms with Crippen LogP contribution in [0.3, 0.4) is 0 Å². The highest BCUT2D eigenvalue weighted by Crippen LogP contribution is 2.21. The standard InChI is InChI=1S/C19H23N3O3/c1-2-14-7-3-4-11-22(14)19(24)17-10-5-9-16(21-17)18(23)20-13-15-8-6-12-25-15/h5-6,8-10,12,14H,2-4,7,11,13H2,1H3,(H,20,23). The Bertz CT molecular complexity index is 727. The molecule has 0 saturated carbocycles. The van der Waals surface area contributed by atoms with Crippen LogP contribution in [0.25, 0.3) is 0 Å². The number of carbonyl (C=O) groups excluding carboxylic acids is 2. The maximum atomic E-state index is 12.8. The Morgan fingerprint density at radius 1 is 1.24 bits per heavy atom. The normalized spacial score (nSPS) is 17.3. The van der Waals surface area contributed by atoms with Gasteiger partial charge in [-0.3, -0.25) is 9.59 Å². The summed E-state index contributed by atoms with van der Waals surface area (Å²) in [6, 6.07) is 8.80. The first-order valence-corrected chi connectivity index (χ1v) is 8.77. The lowest BCUT2D eigenvalue weighted by Gasteiger charge is -2.35. The van der Waals surface area contributed by atoms with E-state index in [0.717, 1.165) is 32.2 Å². The molecule has 25 heavy (non-hydrogen) atoms. The van der Waals surface area contributed by atoms with Crippen LogP contribution in [0.1, 0.15) is 59.3 Å². The number of aromatic nitrogens is 1. The Hall–Kier alpha value is -2.63. The molecular formula is C19H23N3O3. The van der Waals surface area contributed by atoms with Crippen molar-refractivity contribution in [1.29, 1.82) is 0 Å². The van der Waals surface area contributed by atoms with Gasteiger partial charge in [0.25, 0.3) is 11.8 Å². The summed E-state index contributed by atoms with van der Waals surface area (Å²) in [5.41, 5.74) is 0.563. The van der Waals surface area contributed by atoms with Crippen LogP contribution in [-0.4, -0.2) is 34.3 Å². The number of hydrogen-bond acceptors (Lipinski definition) is 4. The van der Waals surface area contributed by atoms with Crippen molar-refractivity contribution < 1.29 is 14.0 Å². The number of furan rings is 1. The second kappa shape index (κ2) is 7.96. The summed E-state index contributed by atoms with van der Waals surface area (Å²) in [6.45, 7) is 3.14. The third-order valence-corrected chi connectivity index (χ3v) is 4.56. The van der Waals surface area contributed by atoms with Gasteiger partial charge >= 0.3 is 0 Å². The van der Waals surface area contributed by atoms with E-state index in [0.29, 0.717) is 11.5 Å². The summed E-state index contributed by atoms with van der Waals surface area (Å²) >= 11 is 0. The average Bonchev–Trinajstić information content (AvgIpc) is 3.19. The van der Waals surface area contributed by atoms with Gasteiger partial charge in [-0.2, -0.15) is 0 Å². The van der Waals surface area contributed by atoms with Gasteiger partial charge in [-0.1, -0.05) is 13.0 Å². The van der Waals surface area contributed by atoms with Crippen molar-refractivity contribution in [2.45, 2.75) is 45.2 Å². The second-order valence-corrected chi connectivity index (χ2v) is 6.23. The minimum Gasteiger partial charge on any atom is -0.467 e. The molecule has 0 bridgehead atoms. The van der Waals surface area contributed by atoms with Crippen molar-refractivity contribution in [3.05, 3.63) is 53.7 Å². The minimum atomic E-state index is -0.322. The van der Waals surface area contributed by atoms with Gasteiger partial charge in [-0.25, -0.2) is 4.98 Å². The lowest BCUT2D eigenvalue weighted by atomic mass is 9.99. The lowest BCUT2D eigenvalue weighted by Crippen LogP contribution is -2.43. The van der Waals surface area contributed by atoms with E-state index in [9.17, 15) is 9.59 Å². The molecule has 1 aliphatic rings. The fraction of sp³-hybridized carbons (Fsp3) is 0.421. The van der Waals surface area contributed by atoms with E-state index in [2.05, 4.69) is 17.2 Å². The van der Waals surface area contributed by atoms with Gasteiger partial charge in [0, 0.05) is 12.6 Å². The number of nitrogens with one attached hydrogen (secondary N) is 1. The number of hydrogen-bond donors (Lipinski definition) is 1. The van der Waals surface area contributed by atoms with E-state index in [1.807, 2.05) is 4.90 Å². The van der Waals surface area contributed by atoms with Gasteiger partial charge < -0.3 is 14.6 Å². The summed E-state index contributed by atoms with van der Waals surface area (Å²) in [7, 11) is 0. The Morgan fingerprint density at radius 2 is 2.08 bits per heavy atom. The van der Waals surface area contributed by atoms with Gasteiger partial charge in [-0.05, 0) is 49.9 Å². The number of rotatable bonds is 5. The Kier molecular flexibility index (Phi) is 5.48. The number of pyridine rings is 1. The smallest absolute Gasteiger partial charge is 0.272 e. The maximum Gasteiger partial charge on any atom is 0.272 e. The average molecular weight is 341 g/mol. The first-order valence-electron chi connectivity index (χ1n) is 8.77. The van der Waals surface area contributed by atoms with Crippen molar-refractivity contribution in [3.8, 4) is 0 Å². The van der Waals surface area contributed by atoms with Crippen LogP contribution < -0.4 is 5.32 Å². The number of likely N-dealkylation sites (tertiary alicyclic amines) is 1. The van der Waals surface area contributed by atoms with Gasteiger partial charge in [0.15, 0.2) is 0 Å². The molecule has 1 aliphatic heterocycles. The van der Waals surface area contributed by atoms with E-state index < -0.39 is 0 Å². The van der Waals surface area contributed by atoms with Gasteiger partial charge in [0.2, 0.25) is 0 Å². The largest absolute Gasteiger partial charge is 0.467 e. The Labute approximate surface area is 147 Å². The molecule has 1 unspecified atom stereocenters. The lowest BCUT2D eigenvalue weighted by molar-refractivity contribution is 0.0602. The number of carbonyl (C=O) groups is 2. The highest BCUT2D eigenvalue weighted by Gasteiger charge is 2.27. The van der Waals surface area contributed by atoms with Crippen LogP contribution in [-0.2, 0) is 6.54 Å². The zero-order valence-electron chi connectivity index (χ0n) is 14.4. The molecule has 0 aromatic carbocycles. The van der Waals surface area contributed by atoms with E-state index in [1.54, 1.807) is 36.6 Å². The predicted molar refractivity (Wildman–Crippen MR) is 93.1 cm³/mol. The van der Waals surface area contributed by atoms with Crippen molar-refractivity contribution in [2.75, 3.05) is 6.54 Å². The van der Waals surface area contributed by atoms with E-state index in [4.69, 9.17) is 4.42 Å². The van der Waals surface area contributed by atoms with Crippen LogP contribution in [0.5, 0.6) is 0 Å². The minimum absolute atomic E-state index is 0.0905. The monoisotopic (exact) mass is 341 g/mol. The van der Waals surface area contributed by atoms with E-state index >= 15 is 0 Å². The number of nitrogens with zero attached hydrogens (tertiary/aromatic N) is 2. The highest BCUT2D eigenvalue weighted by atomic mass is 16.3. The quantitative estimate of drug-likeness (QED) is 0.907. The summed E-state index contributed by atoms with van der Waals surface area (Å²) in [6.07, 6.45) is 5.71. The van der Waals surface area contributed by atoms with Gasteiger partial charge in [0.1, 0.15) is 17.1 Å². The predicted octanol–water partition coefficient (Wildman–Crippen LogP) is 3.01. The van der Waals surface area contributed by atoms with Crippen molar-refractivity contribution in [1.82, 2.24) is 15.2 Å². The SMILES string of the molecule is CCC1CCCCN1C(=O)c1cccc(C(=O)NCc2ccco2)n1. The molecule has 6 heteroatoms. The zero-order valence-corrected chi connectivity index (χ0v) is 14.4. The first-order chi connectivity index (χ1) is 12.2. The molecule has 6 nitrogen and oxygen atoms in total. The maximum absolute atomic E-state index is 12.8. The molecular weight excluding hydrogens is 318 g/mol. The molecule has 3 rings (SSSR count). The van der Waals surface area contributed by atoms with Crippen LogP contribution >= 0.6 is 0 Å². The molecule has 132 valence electrons. The molecule has 2 aromatic heterocycles. The van der Waals surface area contributed by atoms with E-state index in [1.165, 1.54) is 0 Å². The van der Waals surface area contributed by atoms with Gasteiger partial charge in [0.05, 0.1) is 12.8 Å². The molecule has 2 aromatic rings. The van der Waals surface area contributed by atoms with Crippen LogP contribution in [0.4, 0.5) is 0 Å².